The third-order valence-electron chi connectivity index (χ3n) is 5.73. The second kappa shape index (κ2) is 9.24. The molecule has 2 unspecified atom stereocenters. The van der Waals surface area contributed by atoms with Gasteiger partial charge in [0.25, 0.3) is 0 Å². The number of morpholine rings is 1. The lowest BCUT2D eigenvalue weighted by molar-refractivity contribution is -0.0728. The lowest BCUT2D eigenvalue weighted by Gasteiger charge is -2.39. The molecule has 7 heteroatoms. The number of hydrogen-bond acceptors (Lipinski definition) is 5. The largest absolute Gasteiger partial charge is 0.373 e. The van der Waals surface area contributed by atoms with Gasteiger partial charge in [-0.15, -0.1) is 11.3 Å². The Morgan fingerprint density at radius 2 is 1.86 bits per heavy atom. The number of hydrogen-bond donors (Lipinski definition) is 1. The summed E-state index contributed by atoms with van der Waals surface area (Å²) < 4.78 is 5.83. The molecule has 0 spiro atoms. The molecule has 0 radical (unpaired) electrons. The quantitative estimate of drug-likeness (QED) is 0.816. The van der Waals surface area contributed by atoms with E-state index in [1.165, 1.54) is 0 Å². The van der Waals surface area contributed by atoms with Crippen molar-refractivity contribution in [3.05, 3.63) is 35.8 Å². The maximum atomic E-state index is 12.6. The fourth-order valence-electron chi connectivity index (χ4n) is 4.38. The Hall–Kier alpha value is -1.96. The first kappa shape index (κ1) is 20.3. The zero-order chi connectivity index (χ0) is 20.2. The van der Waals surface area contributed by atoms with Crippen LogP contribution in [0.2, 0.25) is 0 Å². The van der Waals surface area contributed by atoms with Crippen molar-refractivity contribution in [3.8, 4) is 10.6 Å². The molecule has 2 aromatic rings. The highest BCUT2D eigenvalue weighted by Gasteiger charge is 2.28. The average molecular weight is 415 g/mol. The van der Waals surface area contributed by atoms with Crippen LogP contribution < -0.4 is 5.32 Å². The second-order valence-corrected chi connectivity index (χ2v) is 9.15. The summed E-state index contributed by atoms with van der Waals surface area (Å²) in [6.07, 6.45) is 4.56. The minimum absolute atomic E-state index is 0.000865. The molecule has 2 atom stereocenters. The first-order chi connectivity index (χ1) is 14.1. The second-order valence-electron chi connectivity index (χ2n) is 8.25. The summed E-state index contributed by atoms with van der Waals surface area (Å²) >= 11 is 1.61. The lowest BCUT2D eigenvalue weighted by Crippen LogP contribution is -2.49. The van der Waals surface area contributed by atoms with E-state index >= 15 is 0 Å². The smallest absolute Gasteiger partial charge is 0.321 e. The molecule has 0 saturated carbocycles. The van der Waals surface area contributed by atoms with E-state index in [0.29, 0.717) is 18.1 Å². The first-order valence-corrected chi connectivity index (χ1v) is 11.4. The minimum Gasteiger partial charge on any atom is -0.373 e. The molecule has 2 aliphatic rings. The van der Waals surface area contributed by atoms with Crippen molar-refractivity contribution in [2.24, 2.45) is 5.92 Å². The lowest BCUT2D eigenvalue weighted by atomic mass is 9.96. The van der Waals surface area contributed by atoms with Gasteiger partial charge in [0, 0.05) is 55.6 Å². The topological polar surface area (TPSA) is 57.7 Å². The third kappa shape index (κ3) is 5.35. The molecule has 4 rings (SSSR count). The van der Waals surface area contributed by atoms with E-state index in [9.17, 15) is 4.79 Å². The number of carbonyl (C=O) groups is 1. The van der Waals surface area contributed by atoms with Gasteiger partial charge in [0.2, 0.25) is 0 Å². The van der Waals surface area contributed by atoms with Crippen molar-refractivity contribution in [1.29, 1.82) is 0 Å². The number of ether oxygens (including phenoxy) is 1. The van der Waals surface area contributed by atoms with Gasteiger partial charge in [0.15, 0.2) is 0 Å². The van der Waals surface area contributed by atoms with Crippen LogP contribution in [0.4, 0.5) is 10.5 Å². The number of nitrogens with zero attached hydrogens (tertiary/aromatic N) is 3. The number of urea groups is 1. The molecule has 2 fully saturated rings. The van der Waals surface area contributed by atoms with Gasteiger partial charge in [-0.2, -0.15) is 0 Å². The molecule has 29 heavy (non-hydrogen) atoms. The van der Waals surface area contributed by atoms with Crippen LogP contribution in [-0.4, -0.2) is 65.7 Å². The number of anilines is 1. The van der Waals surface area contributed by atoms with Crippen molar-refractivity contribution in [1.82, 2.24) is 14.8 Å². The van der Waals surface area contributed by atoms with Gasteiger partial charge in [-0.25, -0.2) is 9.78 Å². The van der Waals surface area contributed by atoms with Crippen LogP contribution in [0.5, 0.6) is 0 Å². The summed E-state index contributed by atoms with van der Waals surface area (Å²) in [5, 5.41) is 6.00. The van der Waals surface area contributed by atoms with E-state index in [1.807, 2.05) is 34.5 Å². The van der Waals surface area contributed by atoms with Crippen molar-refractivity contribution in [3.63, 3.8) is 0 Å². The van der Waals surface area contributed by atoms with Crippen molar-refractivity contribution < 1.29 is 9.53 Å². The number of rotatable bonds is 4. The predicted molar refractivity (Wildman–Crippen MR) is 117 cm³/mol. The Labute approximate surface area is 176 Å². The molecular weight excluding hydrogens is 384 g/mol. The van der Waals surface area contributed by atoms with E-state index in [4.69, 9.17) is 4.74 Å². The molecule has 3 heterocycles. The molecule has 2 saturated heterocycles. The van der Waals surface area contributed by atoms with Crippen LogP contribution in [-0.2, 0) is 4.74 Å². The average Bonchev–Trinajstić information content (AvgIpc) is 3.23. The summed E-state index contributed by atoms with van der Waals surface area (Å²) in [5.41, 5.74) is 1.90. The summed E-state index contributed by atoms with van der Waals surface area (Å²) in [6.45, 7) is 9.10. The number of carbonyl (C=O) groups excluding carboxylic acids is 1. The van der Waals surface area contributed by atoms with Gasteiger partial charge in [-0.1, -0.05) is 0 Å². The van der Waals surface area contributed by atoms with E-state index in [1.54, 1.807) is 17.5 Å². The molecule has 2 amide bonds. The number of likely N-dealkylation sites (tertiary alicyclic amines) is 1. The van der Waals surface area contributed by atoms with Gasteiger partial charge in [0.1, 0.15) is 5.01 Å². The fraction of sp³-hybridized carbons (Fsp3) is 0.545. The van der Waals surface area contributed by atoms with Gasteiger partial charge < -0.3 is 15.0 Å². The number of amides is 2. The van der Waals surface area contributed by atoms with E-state index in [2.05, 4.69) is 29.0 Å². The molecule has 1 N–H and O–H groups in total. The first-order valence-electron chi connectivity index (χ1n) is 10.5. The normalized spacial score (nSPS) is 23.9. The van der Waals surface area contributed by atoms with Crippen molar-refractivity contribution in [2.45, 2.75) is 38.9 Å². The molecule has 156 valence electrons. The highest BCUT2D eigenvalue weighted by molar-refractivity contribution is 7.13. The zero-order valence-electron chi connectivity index (χ0n) is 17.2. The number of piperidine rings is 1. The maximum Gasteiger partial charge on any atom is 0.321 e. The molecule has 2 aliphatic heterocycles. The molecular formula is C22H30N4O2S. The number of nitrogens with one attached hydrogen (secondary N) is 1. The number of aromatic nitrogens is 1. The van der Waals surface area contributed by atoms with E-state index in [-0.39, 0.29) is 6.03 Å². The summed E-state index contributed by atoms with van der Waals surface area (Å²) in [5.74, 6) is 0.661. The number of benzene rings is 1. The van der Waals surface area contributed by atoms with Crippen LogP contribution in [0.25, 0.3) is 10.6 Å². The van der Waals surface area contributed by atoms with Crippen LogP contribution in [0.1, 0.15) is 26.7 Å². The van der Waals surface area contributed by atoms with Gasteiger partial charge in [-0.05, 0) is 56.9 Å². The monoisotopic (exact) mass is 414 g/mol. The molecule has 0 aliphatic carbocycles. The summed E-state index contributed by atoms with van der Waals surface area (Å²) in [7, 11) is 0. The maximum absolute atomic E-state index is 12.6. The summed E-state index contributed by atoms with van der Waals surface area (Å²) in [6, 6.07) is 7.90. The van der Waals surface area contributed by atoms with E-state index in [0.717, 1.165) is 61.8 Å². The predicted octanol–water partition coefficient (Wildman–Crippen LogP) is 4.16. The van der Waals surface area contributed by atoms with Crippen LogP contribution in [0.15, 0.2) is 35.8 Å². The van der Waals surface area contributed by atoms with Crippen molar-refractivity contribution in [2.75, 3.05) is 38.0 Å². The SMILES string of the molecule is CC1CN(CC2CCN(C(=O)Nc3ccc(-c4nccs4)cc3)CC2)CC(C)O1. The molecule has 1 aromatic carbocycles. The zero-order valence-corrected chi connectivity index (χ0v) is 18.0. The van der Waals surface area contributed by atoms with Crippen molar-refractivity contribution >= 4 is 23.1 Å². The molecule has 6 nitrogen and oxygen atoms in total. The summed E-state index contributed by atoms with van der Waals surface area (Å²) in [4.78, 5) is 21.4. The Balaban J connectivity index is 1.24. The molecule has 0 bridgehead atoms. The Bertz CT molecular complexity index is 778. The minimum atomic E-state index is -0.000865. The highest BCUT2D eigenvalue weighted by atomic mass is 32.1. The van der Waals surface area contributed by atoms with Crippen LogP contribution in [0, 0.1) is 5.92 Å². The Kier molecular flexibility index (Phi) is 6.47. The van der Waals surface area contributed by atoms with Gasteiger partial charge in [0.05, 0.1) is 12.2 Å². The van der Waals surface area contributed by atoms with Crippen LogP contribution >= 0.6 is 11.3 Å². The fourth-order valence-corrected chi connectivity index (χ4v) is 5.03. The third-order valence-corrected chi connectivity index (χ3v) is 6.55. The van der Waals surface area contributed by atoms with Gasteiger partial charge in [-0.3, -0.25) is 4.90 Å². The molecule has 1 aromatic heterocycles. The Morgan fingerprint density at radius 3 is 2.48 bits per heavy atom. The van der Waals surface area contributed by atoms with E-state index < -0.39 is 0 Å². The Morgan fingerprint density at radius 1 is 1.17 bits per heavy atom. The highest BCUT2D eigenvalue weighted by Crippen LogP contribution is 2.24. The van der Waals surface area contributed by atoms with Crippen LogP contribution in [0.3, 0.4) is 0 Å². The standard InChI is InChI=1S/C22H30N4O2S/c1-16-13-25(14-17(2)28-16)15-18-7-10-26(11-8-18)22(27)24-20-5-3-19(4-6-20)21-23-9-12-29-21/h3-6,9,12,16-18H,7-8,10-11,13-15H2,1-2H3,(H,24,27). The van der Waals surface area contributed by atoms with Gasteiger partial charge >= 0.3 is 6.03 Å². The number of thiazole rings is 1.